The van der Waals surface area contributed by atoms with Crippen LogP contribution in [0.15, 0.2) is 0 Å². The van der Waals surface area contributed by atoms with Gasteiger partial charge >= 0.3 is 0 Å². The Morgan fingerprint density at radius 1 is 1.33 bits per heavy atom. The van der Waals surface area contributed by atoms with Gasteiger partial charge in [-0.1, -0.05) is 26.2 Å². The van der Waals surface area contributed by atoms with E-state index in [1.165, 1.54) is 32.1 Å². The summed E-state index contributed by atoms with van der Waals surface area (Å²) in [6, 6.07) is 0.434. The topological polar surface area (TPSA) is 32.3 Å². The molecule has 3 nitrogen and oxygen atoms in total. The Bertz CT molecular complexity index is 331. The third-order valence-corrected chi connectivity index (χ3v) is 5.54. The van der Waals surface area contributed by atoms with E-state index in [0.29, 0.717) is 11.9 Å². The van der Waals surface area contributed by atoms with E-state index in [1.807, 2.05) is 0 Å². The molecule has 1 N–H and O–H groups in total. The number of carbonyl (C=O) groups excluding carboxylic acids is 1. The molecule has 1 aliphatic heterocycles. The smallest absolute Gasteiger partial charge is 0.244 e. The zero-order valence-electron chi connectivity index (χ0n) is 11.7. The Morgan fingerprint density at radius 3 is 2.50 bits per heavy atom. The lowest BCUT2D eigenvalue weighted by Gasteiger charge is -2.39. The first-order chi connectivity index (χ1) is 8.68. The van der Waals surface area contributed by atoms with Crippen LogP contribution in [-0.4, -0.2) is 28.6 Å². The fourth-order valence-electron chi connectivity index (χ4n) is 4.09. The highest BCUT2D eigenvalue weighted by Crippen LogP contribution is 2.41. The molecule has 18 heavy (non-hydrogen) atoms. The maximum absolute atomic E-state index is 12.8. The standard InChI is InChI=1S/C15H26N2O/c1-3-13-16-15(9-4-5-10-15)14(18)17(13)11(2)12-7-6-8-12/h11-13,16H,3-10H2,1-2H3. The van der Waals surface area contributed by atoms with Crippen LogP contribution >= 0.6 is 0 Å². The van der Waals surface area contributed by atoms with E-state index in [4.69, 9.17) is 0 Å². The molecule has 102 valence electrons. The maximum atomic E-state index is 12.8. The van der Waals surface area contributed by atoms with Gasteiger partial charge in [0, 0.05) is 6.04 Å². The Hall–Kier alpha value is -0.570. The van der Waals surface area contributed by atoms with Gasteiger partial charge < -0.3 is 4.90 Å². The average Bonchev–Trinajstić information content (AvgIpc) is 2.84. The van der Waals surface area contributed by atoms with Crippen LogP contribution < -0.4 is 5.32 Å². The fourth-order valence-corrected chi connectivity index (χ4v) is 4.09. The molecule has 0 aromatic rings. The lowest BCUT2D eigenvalue weighted by atomic mass is 9.79. The van der Waals surface area contributed by atoms with Crippen molar-refractivity contribution in [3.63, 3.8) is 0 Å². The van der Waals surface area contributed by atoms with E-state index >= 15 is 0 Å². The molecular formula is C15H26N2O. The summed E-state index contributed by atoms with van der Waals surface area (Å²) in [7, 11) is 0. The first kappa shape index (κ1) is 12.5. The van der Waals surface area contributed by atoms with Crippen LogP contribution in [0.1, 0.15) is 65.2 Å². The summed E-state index contributed by atoms with van der Waals surface area (Å²) in [6.45, 7) is 4.46. The zero-order chi connectivity index (χ0) is 12.8. The Balaban J connectivity index is 1.80. The minimum atomic E-state index is -0.182. The summed E-state index contributed by atoms with van der Waals surface area (Å²) < 4.78 is 0. The summed E-state index contributed by atoms with van der Waals surface area (Å²) in [5.74, 6) is 1.16. The van der Waals surface area contributed by atoms with Crippen LogP contribution in [0.5, 0.6) is 0 Å². The van der Waals surface area contributed by atoms with E-state index in [1.54, 1.807) is 0 Å². The van der Waals surface area contributed by atoms with Crippen LogP contribution in [0.25, 0.3) is 0 Å². The number of nitrogens with one attached hydrogen (secondary N) is 1. The highest BCUT2D eigenvalue weighted by Gasteiger charge is 2.53. The second kappa shape index (κ2) is 4.52. The summed E-state index contributed by atoms with van der Waals surface area (Å²) in [5, 5.41) is 3.68. The Kier molecular flexibility index (Phi) is 3.13. The molecule has 3 heteroatoms. The molecular weight excluding hydrogens is 224 g/mol. The van der Waals surface area contributed by atoms with E-state index in [9.17, 15) is 4.79 Å². The molecule has 3 rings (SSSR count). The summed E-state index contributed by atoms with van der Waals surface area (Å²) in [4.78, 5) is 15.1. The molecule has 2 atom stereocenters. The molecule has 1 amide bonds. The molecule has 0 aromatic carbocycles. The molecule has 2 aliphatic carbocycles. The van der Waals surface area contributed by atoms with E-state index < -0.39 is 0 Å². The third-order valence-electron chi connectivity index (χ3n) is 5.54. The molecule has 1 heterocycles. The van der Waals surface area contributed by atoms with Crippen LogP contribution in [0.3, 0.4) is 0 Å². The molecule has 0 radical (unpaired) electrons. The van der Waals surface area contributed by atoms with Gasteiger partial charge in [-0.25, -0.2) is 0 Å². The number of carbonyl (C=O) groups is 1. The van der Waals surface area contributed by atoms with Crippen molar-refractivity contribution in [2.45, 2.75) is 83.0 Å². The van der Waals surface area contributed by atoms with Crippen molar-refractivity contribution in [3.05, 3.63) is 0 Å². The van der Waals surface area contributed by atoms with Crippen molar-refractivity contribution >= 4 is 5.91 Å². The van der Waals surface area contributed by atoms with Gasteiger partial charge in [0.1, 0.15) is 0 Å². The molecule has 2 saturated carbocycles. The lowest BCUT2D eigenvalue weighted by molar-refractivity contribution is -0.136. The molecule has 0 bridgehead atoms. The van der Waals surface area contributed by atoms with Crippen molar-refractivity contribution in [1.29, 1.82) is 0 Å². The van der Waals surface area contributed by atoms with Crippen molar-refractivity contribution in [2.75, 3.05) is 0 Å². The van der Waals surface area contributed by atoms with Gasteiger partial charge in [-0.3, -0.25) is 10.1 Å². The van der Waals surface area contributed by atoms with E-state index in [-0.39, 0.29) is 11.7 Å². The molecule has 2 unspecified atom stereocenters. The second-order valence-corrected chi connectivity index (χ2v) is 6.50. The maximum Gasteiger partial charge on any atom is 0.244 e. The van der Waals surface area contributed by atoms with Gasteiger partial charge in [0.15, 0.2) is 0 Å². The first-order valence-electron chi connectivity index (χ1n) is 7.78. The number of hydrogen-bond acceptors (Lipinski definition) is 2. The zero-order valence-corrected chi connectivity index (χ0v) is 11.7. The van der Waals surface area contributed by atoms with Crippen molar-refractivity contribution < 1.29 is 4.79 Å². The summed E-state index contributed by atoms with van der Waals surface area (Å²) in [6.07, 6.45) is 9.82. The fraction of sp³-hybridized carbons (Fsp3) is 0.933. The Labute approximate surface area is 110 Å². The first-order valence-corrected chi connectivity index (χ1v) is 7.78. The molecule has 3 fully saturated rings. The minimum absolute atomic E-state index is 0.182. The van der Waals surface area contributed by atoms with Crippen LogP contribution in [0, 0.1) is 5.92 Å². The van der Waals surface area contributed by atoms with Gasteiger partial charge in [-0.2, -0.15) is 0 Å². The average molecular weight is 250 g/mol. The highest BCUT2D eigenvalue weighted by atomic mass is 16.2. The van der Waals surface area contributed by atoms with E-state index in [2.05, 4.69) is 24.1 Å². The predicted octanol–water partition coefficient (Wildman–Crippen LogP) is 2.66. The number of nitrogens with zero attached hydrogens (tertiary/aromatic N) is 1. The van der Waals surface area contributed by atoms with E-state index in [0.717, 1.165) is 25.2 Å². The molecule has 0 aromatic heterocycles. The number of hydrogen-bond donors (Lipinski definition) is 1. The summed E-state index contributed by atoms with van der Waals surface area (Å²) in [5.41, 5.74) is -0.182. The minimum Gasteiger partial charge on any atom is -0.323 e. The SMILES string of the molecule is CCC1NC2(CCCC2)C(=O)N1C(C)C1CCC1. The monoisotopic (exact) mass is 250 g/mol. The molecule has 3 aliphatic rings. The van der Waals surface area contributed by atoms with Gasteiger partial charge in [-0.05, 0) is 44.9 Å². The second-order valence-electron chi connectivity index (χ2n) is 6.50. The van der Waals surface area contributed by atoms with Crippen LogP contribution in [-0.2, 0) is 4.79 Å². The van der Waals surface area contributed by atoms with Crippen molar-refractivity contribution in [3.8, 4) is 0 Å². The van der Waals surface area contributed by atoms with Gasteiger partial charge in [0.25, 0.3) is 0 Å². The van der Waals surface area contributed by atoms with Crippen LogP contribution in [0.2, 0.25) is 0 Å². The summed E-state index contributed by atoms with van der Waals surface area (Å²) >= 11 is 0. The van der Waals surface area contributed by atoms with Crippen molar-refractivity contribution in [2.24, 2.45) is 5.92 Å². The van der Waals surface area contributed by atoms with Crippen molar-refractivity contribution in [1.82, 2.24) is 10.2 Å². The third kappa shape index (κ3) is 1.70. The predicted molar refractivity (Wildman–Crippen MR) is 72.1 cm³/mol. The van der Waals surface area contributed by atoms with Gasteiger partial charge in [-0.15, -0.1) is 0 Å². The lowest BCUT2D eigenvalue weighted by Crippen LogP contribution is -2.48. The molecule has 1 spiro atoms. The van der Waals surface area contributed by atoms with Gasteiger partial charge in [0.2, 0.25) is 5.91 Å². The Morgan fingerprint density at radius 2 is 2.00 bits per heavy atom. The van der Waals surface area contributed by atoms with Gasteiger partial charge in [0.05, 0.1) is 11.7 Å². The van der Waals surface area contributed by atoms with Crippen LogP contribution in [0.4, 0.5) is 0 Å². The highest BCUT2D eigenvalue weighted by molar-refractivity contribution is 5.89. The normalized spacial score (nSPS) is 33.1. The number of amides is 1. The molecule has 1 saturated heterocycles. The largest absolute Gasteiger partial charge is 0.323 e. The quantitative estimate of drug-likeness (QED) is 0.835. The number of rotatable bonds is 3.